The minimum absolute atomic E-state index is 0.0952. The summed E-state index contributed by atoms with van der Waals surface area (Å²) in [6.07, 6.45) is -2.98. The summed E-state index contributed by atoms with van der Waals surface area (Å²) in [5, 5.41) is 12.5. The molecule has 34 heavy (non-hydrogen) atoms. The van der Waals surface area contributed by atoms with Crippen molar-refractivity contribution in [3.8, 4) is 0 Å². The van der Waals surface area contributed by atoms with Crippen molar-refractivity contribution < 1.29 is 23.5 Å². The molecular weight excluding hydrogens is 459 g/mol. The molecule has 0 radical (unpaired) electrons. The number of fused-ring (bicyclic) bond motifs is 1. The van der Waals surface area contributed by atoms with E-state index in [4.69, 9.17) is 9.16 Å². The highest BCUT2D eigenvalue weighted by Crippen LogP contribution is 2.42. The van der Waals surface area contributed by atoms with E-state index in [1.807, 2.05) is 13.1 Å². The van der Waals surface area contributed by atoms with Crippen LogP contribution < -0.4 is 10.2 Å². The summed E-state index contributed by atoms with van der Waals surface area (Å²) in [6.45, 7) is 13.4. The molecule has 1 aliphatic heterocycles. The van der Waals surface area contributed by atoms with E-state index < -0.39 is 32.9 Å². The van der Waals surface area contributed by atoms with Crippen molar-refractivity contribution in [2.45, 2.75) is 77.4 Å². The summed E-state index contributed by atoms with van der Waals surface area (Å²) < 4.78 is 29.6. The predicted molar refractivity (Wildman–Crippen MR) is 131 cm³/mol. The predicted octanol–water partition coefficient (Wildman–Crippen LogP) is 3.11. The summed E-state index contributed by atoms with van der Waals surface area (Å²) in [4.78, 5) is 27.3. The first kappa shape index (κ1) is 26.5. The van der Waals surface area contributed by atoms with E-state index in [-0.39, 0.29) is 29.4 Å². The lowest BCUT2D eigenvalue weighted by Gasteiger charge is -2.39. The number of nitrogens with one attached hydrogen (secondary N) is 1. The van der Waals surface area contributed by atoms with Crippen molar-refractivity contribution >= 4 is 37.2 Å². The fourth-order valence-corrected chi connectivity index (χ4v) is 4.75. The number of imidazole rings is 1. The lowest BCUT2D eigenvalue weighted by atomic mass is 10.1. The van der Waals surface area contributed by atoms with Gasteiger partial charge in [0.2, 0.25) is 11.9 Å². The van der Waals surface area contributed by atoms with Gasteiger partial charge in [0, 0.05) is 20.0 Å². The number of hydrogen-bond acceptors (Lipinski definition) is 8. The smallest absolute Gasteiger partial charge is 0.233 e. The molecule has 2 aromatic heterocycles. The van der Waals surface area contributed by atoms with E-state index in [0.29, 0.717) is 17.0 Å². The van der Waals surface area contributed by atoms with Crippen LogP contribution in [0.3, 0.4) is 0 Å². The third kappa shape index (κ3) is 4.95. The Labute approximate surface area is 201 Å². The third-order valence-electron chi connectivity index (χ3n) is 6.54. The fourth-order valence-electron chi connectivity index (χ4n) is 3.43. The maximum atomic E-state index is 15.9. The van der Waals surface area contributed by atoms with Gasteiger partial charge in [0.1, 0.15) is 12.2 Å². The highest BCUT2D eigenvalue weighted by atomic mass is 28.4. The Kier molecular flexibility index (Phi) is 7.37. The van der Waals surface area contributed by atoms with Gasteiger partial charge in [0.15, 0.2) is 37.7 Å². The first-order valence-electron chi connectivity index (χ1n) is 11.5. The Morgan fingerprint density at radius 1 is 1.35 bits per heavy atom. The molecule has 1 aliphatic rings. The molecule has 1 amide bonds. The van der Waals surface area contributed by atoms with Crippen LogP contribution in [0, 0.1) is 5.92 Å². The molecule has 10 nitrogen and oxygen atoms in total. The van der Waals surface area contributed by atoms with Gasteiger partial charge in [0.25, 0.3) is 0 Å². The van der Waals surface area contributed by atoms with Crippen molar-refractivity contribution in [3.05, 3.63) is 6.33 Å². The van der Waals surface area contributed by atoms with Gasteiger partial charge in [-0.15, -0.1) is 0 Å². The normalized spacial score (nSPS) is 23.6. The molecule has 0 bridgehead atoms. The van der Waals surface area contributed by atoms with Gasteiger partial charge in [-0.2, -0.15) is 9.97 Å². The lowest BCUT2D eigenvalue weighted by molar-refractivity contribution is -0.118. The van der Waals surface area contributed by atoms with E-state index in [1.165, 1.54) is 10.9 Å². The first-order valence-corrected chi connectivity index (χ1v) is 14.4. The number of nitrogens with zero attached hydrogens (tertiary/aromatic N) is 5. The fraction of sp³-hybridized carbons (Fsp3) is 0.727. The number of amides is 1. The van der Waals surface area contributed by atoms with Crippen molar-refractivity contribution in [1.29, 1.82) is 0 Å². The molecular formula is C22H37FN6O4Si. The minimum Gasteiger partial charge on any atom is -0.408 e. The van der Waals surface area contributed by atoms with Crippen molar-refractivity contribution in [1.82, 2.24) is 19.5 Å². The lowest BCUT2D eigenvalue weighted by Crippen LogP contribution is -2.49. The van der Waals surface area contributed by atoms with Crippen LogP contribution >= 0.6 is 0 Å². The second kappa shape index (κ2) is 9.48. The molecule has 0 unspecified atom stereocenters. The van der Waals surface area contributed by atoms with Gasteiger partial charge in [-0.25, -0.2) is 9.37 Å². The number of anilines is 2. The molecule has 3 rings (SSSR count). The highest BCUT2D eigenvalue weighted by molar-refractivity contribution is 6.74. The molecule has 2 aromatic rings. The molecule has 2 N–H and O–H groups in total. The number of halogens is 1. The molecule has 190 valence electrons. The van der Waals surface area contributed by atoms with Gasteiger partial charge in [-0.3, -0.25) is 14.7 Å². The van der Waals surface area contributed by atoms with Crippen LogP contribution in [0.4, 0.5) is 16.2 Å². The maximum Gasteiger partial charge on any atom is 0.233 e. The van der Waals surface area contributed by atoms with E-state index in [1.54, 1.807) is 32.8 Å². The number of aromatic nitrogens is 4. The Morgan fingerprint density at radius 2 is 2.00 bits per heavy atom. The highest BCUT2D eigenvalue weighted by Gasteiger charge is 2.51. The molecule has 0 aromatic carbocycles. The Morgan fingerprint density at radius 3 is 2.53 bits per heavy atom. The molecule has 1 fully saturated rings. The van der Waals surface area contributed by atoms with Crippen LogP contribution in [0.2, 0.25) is 18.1 Å². The molecule has 1 saturated heterocycles. The molecule has 4 atom stereocenters. The van der Waals surface area contributed by atoms with Gasteiger partial charge in [-0.05, 0) is 18.1 Å². The summed E-state index contributed by atoms with van der Waals surface area (Å²) in [5.41, 5.74) is 0.757. The largest absolute Gasteiger partial charge is 0.408 e. The van der Waals surface area contributed by atoms with Gasteiger partial charge in [-0.1, -0.05) is 34.6 Å². The van der Waals surface area contributed by atoms with Gasteiger partial charge < -0.3 is 19.2 Å². The Bertz CT molecular complexity index is 1040. The van der Waals surface area contributed by atoms with Crippen LogP contribution in [0.25, 0.3) is 11.2 Å². The van der Waals surface area contributed by atoms with E-state index in [0.717, 1.165) is 0 Å². The quantitative estimate of drug-likeness (QED) is 0.562. The number of rotatable bonds is 7. The summed E-state index contributed by atoms with van der Waals surface area (Å²) >= 11 is 0. The van der Waals surface area contributed by atoms with Crippen molar-refractivity contribution in [3.63, 3.8) is 0 Å². The van der Waals surface area contributed by atoms with Crippen molar-refractivity contribution in [2.24, 2.45) is 5.92 Å². The van der Waals surface area contributed by atoms with E-state index in [2.05, 4.69) is 41.0 Å². The summed E-state index contributed by atoms with van der Waals surface area (Å²) in [5.74, 6) is 0.0690. The first-order chi connectivity index (χ1) is 15.7. The Balaban J connectivity index is 2.02. The third-order valence-corrected chi connectivity index (χ3v) is 11.0. The van der Waals surface area contributed by atoms with E-state index >= 15 is 4.39 Å². The number of aliphatic hydroxyl groups excluding tert-OH is 1. The van der Waals surface area contributed by atoms with Crippen LogP contribution in [0.15, 0.2) is 6.33 Å². The number of aliphatic hydroxyl groups is 1. The van der Waals surface area contributed by atoms with Crippen LogP contribution in [-0.2, 0) is 14.0 Å². The Hall–Kier alpha value is -2.15. The second-order valence-electron chi connectivity index (χ2n) is 10.8. The molecule has 0 saturated carbocycles. The molecule has 0 aliphatic carbocycles. The van der Waals surface area contributed by atoms with Gasteiger partial charge in [0.05, 0.1) is 12.9 Å². The summed E-state index contributed by atoms with van der Waals surface area (Å²) in [7, 11) is 1.26. The van der Waals surface area contributed by atoms with Crippen molar-refractivity contribution in [2.75, 3.05) is 30.9 Å². The standard InChI is InChI=1S/C22H37FN6O4Si/c1-12(2)19(31)27-21-25-17(28(6)7)15-18(26-21)29(11-24-15)20-14(23)16(13(10-30)32-20)33-34(8,9)22(3,4)5/h11-14,16,20,30H,10H2,1-9H3,(H,25,26,27,31)/t13-,14-,16-,20-/m1/s1. The number of carbonyl (C=O) groups excluding carboxylic acids is 1. The van der Waals surface area contributed by atoms with Crippen LogP contribution in [0.1, 0.15) is 40.8 Å². The number of hydrogen-bond donors (Lipinski definition) is 2. The van der Waals surface area contributed by atoms with Crippen LogP contribution in [0.5, 0.6) is 0 Å². The minimum atomic E-state index is -2.34. The van der Waals surface area contributed by atoms with E-state index in [9.17, 15) is 9.90 Å². The van der Waals surface area contributed by atoms with Gasteiger partial charge >= 0.3 is 0 Å². The average molecular weight is 497 g/mol. The zero-order valence-electron chi connectivity index (χ0n) is 21.5. The topological polar surface area (TPSA) is 115 Å². The van der Waals surface area contributed by atoms with Crippen LogP contribution in [-0.4, -0.2) is 77.9 Å². The second-order valence-corrected chi connectivity index (χ2v) is 15.5. The number of carbonyl (C=O) groups is 1. The molecule has 12 heteroatoms. The zero-order chi connectivity index (χ0) is 25.6. The average Bonchev–Trinajstić information content (AvgIpc) is 3.27. The molecule has 3 heterocycles. The monoisotopic (exact) mass is 496 g/mol. The maximum absolute atomic E-state index is 15.9. The SMILES string of the molecule is CC(C)C(=O)Nc1nc(N(C)C)c2ncn([C@@H]3O[C@H](CO)[C@@H](O[Si](C)(C)C(C)(C)C)[C@H]3F)c2n1. The number of alkyl halides is 1. The number of ether oxygens (including phenoxy) is 1. The molecule has 0 spiro atoms. The summed E-state index contributed by atoms with van der Waals surface area (Å²) in [6, 6.07) is 0. The zero-order valence-corrected chi connectivity index (χ0v) is 22.5.